The molecular formula is C12H13BrN2. The van der Waals surface area contributed by atoms with Gasteiger partial charge in [0.2, 0.25) is 0 Å². The van der Waals surface area contributed by atoms with E-state index >= 15 is 0 Å². The monoisotopic (exact) mass is 264 g/mol. The van der Waals surface area contributed by atoms with Crippen LogP contribution in [0.25, 0.3) is 0 Å². The van der Waals surface area contributed by atoms with Crippen molar-refractivity contribution < 1.29 is 0 Å². The molecule has 1 aliphatic rings. The molecule has 0 amide bonds. The van der Waals surface area contributed by atoms with Crippen LogP contribution in [-0.4, -0.2) is 5.54 Å². The first-order valence-corrected chi connectivity index (χ1v) is 5.88. The van der Waals surface area contributed by atoms with Crippen LogP contribution in [0, 0.1) is 17.2 Å². The molecule has 3 heteroatoms. The van der Waals surface area contributed by atoms with Crippen molar-refractivity contribution in [1.82, 2.24) is 0 Å². The van der Waals surface area contributed by atoms with Gasteiger partial charge in [-0.1, -0.05) is 22.0 Å². The predicted molar refractivity (Wildman–Crippen MR) is 64.5 cm³/mol. The van der Waals surface area contributed by atoms with Gasteiger partial charge in [-0.15, -0.1) is 0 Å². The van der Waals surface area contributed by atoms with Crippen LogP contribution in [0.2, 0.25) is 0 Å². The van der Waals surface area contributed by atoms with E-state index in [0.29, 0.717) is 5.92 Å². The third-order valence-electron chi connectivity index (χ3n) is 2.85. The van der Waals surface area contributed by atoms with Crippen molar-refractivity contribution in [3.05, 3.63) is 28.7 Å². The zero-order valence-electron chi connectivity index (χ0n) is 8.63. The molecule has 0 aliphatic heterocycles. The highest BCUT2D eigenvalue weighted by molar-refractivity contribution is 9.10. The van der Waals surface area contributed by atoms with Gasteiger partial charge in [-0.05, 0) is 43.9 Å². The summed E-state index contributed by atoms with van der Waals surface area (Å²) in [5.74, 6) is 0.501. The van der Waals surface area contributed by atoms with Gasteiger partial charge < -0.3 is 5.32 Å². The van der Waals surface area contributed by atoms with Gasteiger partial charge in [0.05, 0.1) is 6.07 Å². The zero-order valence-corrected chi connectivity index (χ0v) is 10.2. The van der Waals surface area contributed by atoms with Crippen molar-refractivity contribution in [2.24, 2.45) is 5.92 Å². The molecule has 1 aliphatic carbocycles. The van der Waals surface area contributed by atoms with E-state index < -0.39 is 5.54 Å². The maximum absolute atomic E-state index is 9.20. The number of nitriles is 1. The van der Waals surface area contributed by atoms with Gasteiger partial charge in [-0.3, -0.25) is 0 Å². The van der Waals surface area contributed by atoms with Crippen molar-refractivity contribution in [3.8, 4) is 6.07 Å². The number of anilines is 1. The first-order valence-electron chi connectivity index (χ1n) is 5.09. The van der Waals surface area contributed by atoms with Gasteiger partial charge in [0.1, 0.15) is 5.54 Å². The van der Waals surface area contributed by atoms with Gasteiger partial charge in [0.25, 0.3) is 0 Å². The lowest BCUT2D eigenvalue weighted by Gasteiger charge is -2.24. The Labute approximate surface area is 98.4 Å². The number of nitrogens with zero attached hydrogens (tertiary/aromatic N) is 1. The normalized spacial score (nSPS) is 19.0. The molecule has 15 heavy (non-hydrogen) atoms. The predicted octanol–water partition coefficient (Wildman–Crippen LogP) is 3.55. The molecular weight excluding hydrogens is 252 g/mol. The Morgan fingerprint density at radius 2 is 2.27 bits per heavy atom. The smallest absolute Gasteiger partial charge is 0.125 e. The van der Waals surface area contributed by atoms with E-state index in [1.165, 1.54) is 0 Å². The summed E-state index contributed by atoms with van der Waals surface area (Å²) in [6.07, 6.45) is 2.32. The highest BCUT2D eigenvalue weighted by Crippen LogP contribution is 2.41. The molecule has 0 heterocycles. The Kier molecular flexibility index (Phi) is 2.70. The van der Waals surface area contributed by atoms with Crippen molar-refractivity contribution in [3.63, 3.8) is 0 Å². The molecule has 78 valence electrons. The van der Waals surface area contributed by atoms with E-state index in [-0.39, 0.29) is 0 Å². The lowest BCUT2D eigenvalue weighted by atomic mass is 9.97. The second-order valence-corrected chi connectivity index (χ2v) is 5.14. The first-order chi connectivity index (χ1) is 7.14. The van der Waals surface area contributed by atoms with E-state index in [2.05, 4.69) is 27.3 Å². The summed E-state index contributed by atoms with van der Waals surface area (Å²) in [6.45, 7) is 1.98. The average Bonchev–Trinajstić information content (AvgIpc) is 3.01. The molecule has 0 aromatic heterocycles. The molecule has 1 unspecified atom stereocenters. The molecule has 0 radical (unpaired) electrons. The minimum Gasteiger partial charge on any atom is -0.367 e. The first kappa shape index (κ1) is 10.5. The second kappa shape index (κ2) is 3.86. The summed E-state index contributed by atoms with van der Waals surface area (Å²) in [5, 5.41) is 12.5. The van der Waals surface area contributed by atoms with Gasteiger partial charge >= 0.3 is 0 Å². The van der Waals surface area contributed by atoms with Crippen LogP contribution in [0.4, 0.5) is 5.69 Å². The summed E-state index contributed by atoms with van der Waals surface area (Å²) in [6, 6.07) is 10.3. The van der Waals surface area contributed by atoms with Crippen molar-refractivity contribution in [2.75, 3.05) is 5.32 Å². The molecule has 0 saturated heterocycles. The average molecular weight is 265 g/mol. The Hall–Kier alpha value is -1.01. The molecule has 0 spiro atoms. The fourth-order valence-electron chi connectivity index (χ4n) is 1.75. The number of hydrogen-bond donors (Lipinski definition) is 1. The Balaban J connectivity index is 2.17. The van der Waals surface area contributed by atoms with E-state index in [0.717, 1.165) is 23.0 Å². The van der Waals surface area contributed by atoms with Gasteiger partial charge in [0.15, 0.2) is 0 Å². The minimum absolute atomic E-state index is 0.416. The third-order valence-corrected chi connectivity index (χ3v) is 3.35. The van der Waals surface area contributed by atoms with Crippen molar-refractivity contribution in [1.29, 1.82) is 5.26 Å². The molecule has 1 aromatic rings. The van der Waals surface area contributed by atoms with Gasteiger partial charge in [-0.25, -0.2) is 0 Å². The minimum atomic E-state index is -0.416. The fraction of sp³-hybridized carbons (Fsp3) is 0.417. The number of nitrogens with one attached hydrogen (secondary N) is 1. The molecule has 1 fully saturated rings. The van der Waals surface area contributed by atoms with Crippen LogP contribution < -0.4 is 5.32 Å². The molecule has 2 nitrogen and oxygen atoms in total. The molecule has 0 bridgehead atoms. The summed E-state index contributed by atoms with van der Waals surface area (Å²) in [4.78, 5) is 0. The summed E-state index contributed by atoms with van der Waals surface area (Å²) in [7, 11) is 0. The quantitative estimate of drug-likeness (QED) is 0.907. The SMILES string of the molecule is CC(C#N)(Nc1cccc(Br)c1)C1CC1. The largest absolute Gasteiger partial charge is 0.367 e. The maximum atomic E-state index is 9.20. The van der Waals surface area contributed by atoms with Crippen LogP contribution in [0.1, 0.15) is 19.8 Å². The Morgan fingerprint density at radius 3 is 2.80 bits per heavy atom. The van der Waals surface area contributed by atoms with E-state index in [1.807, 2.05) is 31.2 Å². The molecule has 1 saturated carbocycles. The van der Waals surface area contributed by atoms with Crippen molar-refractivity contribution in [2.45, 2.75) is 25.3 Å². The number of benzene rings is 1. The standard InChI is InChI=1S/C12H13BrN2/c1-12(8-14,9-5-6-9)15-11-4-2-3-10(13)7-11/h2-4,7,9,15H,5-6H2,1H3. The van der Waals surface area contributed by atoms with Crippen LogP contribution in [-0.2, 0) is 0 Å². The molecule has 1 N–H and O–H groups in total. The van der Waals surface area contributed by atoms with Gasteiger partial charge in [0, 0.05) is 10.2 Å². The summed E-state index contributed by atoms with van der Waals surface area (Å²) >= 11 is 3.42. The Bertz CT molecular complexity index is 406. The van der Waals surface area contributed by atoms with Gasteiger partial charge in [-0.2, -0.15) is 5.26 Å². The highest BCUT2D eigenvalue weighted by atomic mass is 79.9. The maximum Gasteiger partial charge on any atom is 0.125 e. The second-order valence-electron chi connectivity index (χ2n) is 4.22. The van der Waals surface area contributed by atoms with Crippen LogP contribution >= 0.6 is 15.9 Å². The topological polar surface area (TPSA) is 35.8 Å². The molecule has 1 aromatic carbocycles. The van der Waals surface area contributed by atoms with Crippen LogP contribution in [0.5, 0.6) is 0 Å². The van der Waals surface area contributed by atoms with E-state index in [9.17, 15) is 5.26 Å². The highest BCUT2D eigenvalue weighted by Gasteiger charge is 2.41. The zero-order chi connectivity index (χ0) is 10.9. The van der Waals surface area contributed by atoms with Crippen molar-refractivity contribution >= 4 is 21.6 Å². The van der Waals surface area contributed by atoms with E-state index in [1.54, 1.807) is 0 Å². The lowest BCUT2D eigenvalue weighted by Crippen LogP contribution is -2.35. The molecule has 1 atom stereocenters. The number of hydrogen-bond acceptors (Lipinski definition) is 2. The fourth-order valence-corrected chi connectivity index (χ4v) is 2.15. The lowest BCUT2D eigenvalue weighted by molar-refractivity contribution is 0.567. The summed E-state index contributed by atoms with van der Waals surface area (Å²) in [5.41, 5.74) is 0.584. The summed E-state index contributed by atoms with van der Waals surface area (Å²) < 4.78 is 1.03. The Morgan fingerprint density at radius 1 is 1.53 bits per heavy atom. The molecule has 2 rings (SSSR count). The number of halogens is 1. The van der Waals surface area contributed by atoms with Crippen LogP contribution in [0.3, 0.4) is 0 Å². The third kappa shape index (κ3) is 2.32. The van der Waals surface area contributed by atoms with E-state index in [4.69, 9.17) is 0 Å². The van der Waals surface area contributed by atoms with Crippen LogP contribution in [0.15, 0.2) is 28.7 Å². The number of rotatable bonds is 3.